The lowest BCUT2D eigenvalue weighted by Crippen LogP contribution is -2.29. The minimum atomic E-state index is -3.71. The lowest BCUT2D eigenvalue weighted by Gasteiger charge is -2.23. The van der Waals surface area contributed by atoms with E-state index in [4.69, 9.17) is 9.47 Å². The zero-order valence-corrected chi connectivity index (χ0v) is 19.8. The summed E-state index contributed by atoms with van der Waals surface area (Å²) in [5.41, 5.74) is 2.46. The summed E-state index contributed by atoms with van der Waals surface area (Å²) >= 11 is 0. The van der Waals surface area contributed by atoms with Gasteiger partial charge in [0, 0.05) is 29.3 Å². The first-order valence-corrected chi connectivity index (χ1v) is 12.1. The average molecular weight is 460 g/mol. The van der Waals surface area contributed by atoms with Crippen molar-refractivity contribution in [2.75, 3.05) is 18.5 Å². The minimum Gasteiger partial charge on any atom is -0.489 e. The summed E-state index contributed by atoms with van der Waals surface area (Å²) in [5, 5.41) is 11.0. The summed E-state index contributed by atoms with van der Waals surface area (Å²) in [6, 6.07) is 3.26. The first kappa shape index (κ1) is 22.5. The number of H-pyrrole nitrogens is 1. The number of nitrogens with zero attached hydrogens (tertiary/aromatic N) is 3. The van der Waals surface area contributed by atoms with Gasteiger partial charge in [-0.05, 0) is 53.5 Å². The first-order valence-electron chi connectivity index (χ1n) is 10.6. The second-order valence-corrected chi connectivity index (χ2v) is 11.7. The third kappa shape index (κ3) is 4.16. The molecule has 0 aliphatic carbocycles. The largest absolute Gasteiger partial charge is 0.489 e. The molecule has 1 aromatic carbocycles. The molecule has 1 aliphatic heterocycles. The van der Waals surface area contributed by atoms with Gasteiger partial charge in [-0.3, -0.25) is 5.10 Å². The molecule has 2 aromatic heterocycles. The van der Waals surface area contributed by atoms with Crippen LogP contribution in [0.25, 0.3) is 10.9 Å². The number of ether oxygens (including phenoxy) is 2. The number of benzene rings is 1. The Labute approximate surface area is 187 Å². The van der Waals surface area contributed by atoms with Crippen molar-refractivity contribution in [2.45, 2.75) is 63.2 Å². The van der Waals surface area contributed by atoms with Crippen LogP contribution >= 0.6 is 0 Å². The fourth-order valence-corrected chi connectivity index (χ4v) is 4.81. The summed E-state index contributed by atoms with van der Waals surface area (Å²) in [5.74, 6) is 1.38. The molecule has 1 fully saturated rings. The second-order valence-electron chi connectivity index (χ2n) is 9.05. The molecule has 1 atom stereocenters. The van der Waals surface area contributed by atoms with Crippen molar-refractivity contribution in [1.82, 2.24) is 20.2 Å². The monoisotopic (exact) mass is 459 g/mol. The van der Waals surface area contributed by atoms with Gasteiger partial charge < -0.3 is 14.8 Å². The molecule has 32 heavy (non-hydrogen) atoms. The molecular weight excluding hydrogens is 430 g/mol. The van der Waals surface area contributed by atoms with Crippen molar-refractivity contribution in [3.05, 3.63) is 29.7 Å². The predicted molar refractivity (Wildman–Crippen MR) is 122 cm³/mol. The number of fused-ring (bicyclic) bond motifs is 1. The molecule has 1 unspecified atom stereocenters. The van der Waals surface area contributed by atoms with E-state index in [1.807, 2.05) is 13.8 Å². The van der Waals surface area contributed by atoms with Crippen LogP contribution in [0.4, 0.5) is 11.6 Å². The van der Waals surface area contributed by atoms with Crippen molar-refractivity contribution < 1.29 is 17.9 Å². The summed E-state index contributed by atoms with van der Waals surface area (Å²) in [6.07, 6.45) is 3.27. The molecule has 0 radical (unpaired) electrons. The highest BCUT2D eigenvalue weighted by molar-refractivity contribution is 7.92. The number of hydrogen-bond acceptors (Lipinski definition) is 8. The molecule has 0 amide bonds. The Morgan fingerprint density at radius 3 is 2.62 bits per heavy atom. The van der Waals surface area contributed by atoms with Gasteiger partial charge in [0.2, 0.25) is 0 Å². The Morgan fingerprint density at radius 1 is 1.22 bits per heavy atom. The smallest absolute Gasteiger partial charge is 0.186 e. The average Bonchev–Trinajstić information content (AvgIpc) is 3.36. The number of rotatable bonds is 6. The summed E-state index contributed by atoms with van der Waals surface area (Å²) in [6.45, 7) is 9.88. The number of sulfone groups is 1. The molecule has 9 nitrogen and oxygen atoms in total. The topological polar surface area (TPSA) is 119 Å². The van der Waals surface area contributed by atoms with E-state index in [0.717, 1.165) is 24.1 Å². The molecule has 1 aliphatic rings. The Bertz CT molecular complexity index is 1240. The van der Waals surface area contributed by atoms with E-state index in [9.17, 15) is 8.42 Å². The Kier molecular flexibility index (Phi) is 5.85. The second kappa shape index (κ2) is 8.32. The van der Waals surface area contributed by atoms with Crippen molar-refractivity contribution >= 4 is 32.4 Å². The van der Waals surface area contributed by atoms with Gasteiger partial charge in [-0.25, -0.2) is 18.4 Å². The van der Waals surface area contributed by atoms with E-state index in [1.54, 1.807) is 32.9 Å². The third-order valence-corrected chi connectivity index (χ3v) is 8.25. The van der Waals surface area contributed by atoms with E-state index < -0.39 is 14.6 Å². The van der Waals surface area contributed by atoms with E-state index >= 15 is 0 Å². The molecular formula is C22H29N5O4S. The number of anilines is 2. The van der Waals surface area contributed by atoms with Gasteiger partial charge in [0.05, 0.1) is 16.4 Å². The molecule has 3 aromatic rings. The first-order chi connectivity index (χ1) is 15.1. The van der Waals surface area contributed by atoms with Crippen LogP contribution in [0.5, 0.6) is 5.75 Å². The van der Waals surface area contributed by atoms with Gasteiger partial charge in [-0.15, -0.1) is 0 Å². The van der Waals surface area contributed by atoms with Crippen molar-refractivity contribution in [3.63, 3.8) is 0 Å². The number of aryl methyl sites for hydroxylation is 1. The van der Waals surface area contributed by atoms with Gasteiger partial charge in [0.25, 0.3) is 0 Å². The number of aromatic amines is 1. The van der Waals surface area contributed by atoms with Crippen molar-refractivity contribution in [2.24, 2.45) is 0 Å². The SMILES string of the molecule is Cc1[nH]nc(Nc2ncnc3cc(OCC4CCCO4)c(S(=O)(=O)C(C)(C)C)cc23)c1C. The molecule has 2 N–H and O–H groups in total. The Morgan fingerprint density at radius 2 is 2.00 bits per heavy atom. The number of nitrogens with one attached hydrogen (secondary N) is 2. The summed E-state index contributed by atoms with van der Waals surface area (Å²) < 4.78 is 37.5. The predicted octanol–water partition coefficient (Wildman–Crippen LogP) is 3.84. The highest BCUT2D eigenvalue weighted by Gasteiger charge is 2.34. The van der Waals surface area contributed by atoms with Crippen LogP contribution in [-0.4, -0.2) is 52.6 Å². The molecule has 3 heterocycles. The standard InChI is InChI=1S/C22H29N5O4S/c1-13-14(2)26-27-20(13)25-21-16-9-19(32(28,29)22(3,4)5)18(10-17(16)23-12-24-21)31-11-15-7-6-8-30-15/h9-10,12,15H,6-8,11H2,1-5H3,(H2,23,24,25,26,27). The van der Waals surface area contributed by atoms with E-state index in [1.165, 1.54) is 6.33 Å². The van der Waals surface area contributed by atoms with Crippen LogP contribution in [0.3, 0.4) is 0 Å². The van der Waals surface area contributed by atoms with E-state index in [-0.39, 0.29) is 16.7 Å². The van der Waals surface area contributed by atoms with E-state index in [0.29, 0.717) is 35.8 Å². The zero-order chi connectivity index (χ0) is 23.1. The minimum absolute atomic E-state index is 0.0376. The van der Waals surface area contributed by atoms with Crippen molar-refractivity contribution in [3.8, 4) is 5.75 Å². The highest BCUT2D eigenvalue weighted by atomic mass is 32.2. The normalized spacial score (nSPS) is 17.1. The fourth-order valence-electron chi connectivity index (χ4n) is 3.49. The maximum absolute atomic E-state index is 13.5. The van der Waals surface area contributed by atoms with Crippen LogP contribution in [0, 0.1) is 13.8 Å². The van der Waals surface area contributed by atoms with Gasteiger partial charge >= 0.3 is 0 Å². The lowest BCUT2D eigenvalue weighted by atomic mass is 10.2. The van der Waals surface area contributed by atoms with Gasteiger partial charge in [0.1, 0.15) is 29.4 Å². The van der Waals surface area contributed by atoms with E-state index in [2.05, 4.69) is 25.5 Å². The lowest BCUT2D eigenvalue weighted by molar-refractivity contribution is 0.0669. The van der Waals surface area contributed by atoms with Crippen LogP contribution < -0.4 is 10.1 Å². The van der Waals surface area contributed by atoms with Gasteiger partial charge in [-0.1, -0.05) is 0 Å². The maximum Gasteiger partial charge on any atom is 0.186 e. The van der Waals surface area contributed by atoms with Crippen LogP contribution in [0.15, 0.2) is 23.4 Å². The quantitative estimate of drug-likeness (QED) is 0.571. The molecule has 4 rings (SSSR count). The Balaban J connectivity index is 1.82. The maximum atomic E-state index is 13.5. The molecule has 172 valence electrons. The van der Waals surface area contributed by atoms with Crippen LogP contribution in [0.2, 0.25) is 0 Å². The van der Waals surface area contributed by atoms with Gasteiger partial charge in [-0.2, -0.15) is 5.10 Å². The molecule has 0 bridgehead atoms. The molecule has 1 saturated heterocycles. The fraction of sp³-hybridized carbons (Fsp3) is 0.500. The summed E-state index contributed by atoms with van der Waals surface area (Å²) in [7, 11) is -3.71. The third-order valence-electron chi connectivity index (χ3n) is 5.74. The zero-order valence-electron chi connectivity index (χ0n) is 19.0. The van der Waals surface area contributed by atoms with Crippen molar-refractivity contribution in [1.29, 1.82) is 0 Å². The molecule has 0 spiro atoms. The van der Waals surface area contributed by atoms with Crippen LogP contribution in [0.1, 0.15) is 44.9 Å². The Hall–Kier alpha value is -2.72. The van der Waals surface area contributed by atoms with Crippen LogP contribution in [-0.2, 0) is 14.6 Å². The highest BCUT2D eigenvalue weighted by Crippen LogP contribution is 2.37. The number of hydrogen-bond donors (Lipinski definition) is 2. The van der Waals surface area contributed by atoms with Gasteiger partial charge in [0.15, 0.2) is 15.7 Å². The molecule has 10 heteroatoms. The molecule has 0 saturated carbocycles. The summed E-state index contributed by atoms with van der Waals surface area (Å²) in [4.78, 5) is 8.81. The number of aromatic nitrogens is 4.